The molecule has 0 atom stereocenters. The van der Waals surface area contributed by atoms with Crippen LogP contribution < -0.4 is 10.5 Å². The number of nitrogens with two attached hydrogens (primary N) is 1. The number of rotatable bonds is 4. The molecule has 1 fully saturated rings. The lowest BCUT2D eigenvalue weighted by Gasteiger charge is -2.40. The number of hydrogen-bond donors (Lipinski definition) is 3. The zero-order valence-corrected chi connectivity index (χ0v) is 12.0. The molecule has 0 heterocycles. The number of aliphatic hydroxyl groups excluding tert-OH is 1. The molecule has 0 amide bonds. The number of aryl methyl sites for hydroxylation is 1. The summed E-state index contributed by atoms with van der Waals surface area (Å²) in [7, 11) is -3.71. The SMILES string of the molecule is Cc1ccc(N)c(S(=O)(=O)NC2(CO)CCC2)c1C. The number of sulfonamides is 1. The molecule has 0 radical (unpaired) electrons. The van der Waals surface area contributed by atoms with Gasteiger partial charge in [0.05, 0.1) is 17.8 Å². The first kappa shape index (κ1) is 14.3. The van der Waals surface area contributed by atoms with E-state index in [1.165, 1.54) is 0 Å². The maximum absolute atomic E-state index is 12.5. The van der Waals surface area contributed by atoms with Crippen molar-refractivity contribution in [1.82, 2.24) is 4.72 Å². The summed E-state index contributed by atoms with van der Waals surface area (Å²) in [6, 6.07) is 3.40. The van der Waals surface area contributed by atoms with Gasteiger partial charge in [0.25, 0.3) is 0 Å². The predicted octanol–water partition coefficient (Wildman–Crippen LogP) is 1.08. The van der Waals surface area contributed by atoms with Gasteiger partial charge in [0.1, 0.15) is 4.90 Å². The van der Waals surface area contributed by atoms with E-state index in [4.69, 9.17) is 5.73 Å². The molecule has 5 nitrogen and oxygen atoms in total. The van der Waals surface area contributed by atoms with Crippen molar-refractivity contribution in [2.24, 2.45) is 0 Å². The van der Waals surface area contributed by atoms with Gasteiger partial charge in [-0.05, 0) is 50.3 Å². The van der Waals surface area contributed by atoms with E-state index in [9.17, 15) is 13.5 Å². The molecular weight excluding hydrogens is 264 g/mol. The summed E-state index contributed by atoms with van der Waals surface area (Å²) in [4.78, 5) is 0.132. The number of nitrogens with one attached hydrogen (secondary N) is 1. The van der Waals surface area contributed by atoms with Crippen molar-refractivity contribution < 1.29 is 13.5 Å². The van der Waals surface area contributed by atoms with Gasteiger partial charge in [-0.3, -0.25) is 0 Å². The van der Waals surface area contributed by atoms with Crippen LogP contribution in [0.15, 0.2) is 17.0 Å². The van der Waals surface area contributed by atoms with Crippen molar-refractivity contribution in [3.8, 4) is 0 Å². The number of aliphatic hydroxyl groups is 1. The zero-order valence-electron chi connectivity index (χ0n) is 11.2. The topological polar surface area (TPSA) is 92.4 Å². The van der Waals surface area contributed by atoms with E-state index in [0.717, 1.165) is 12.0 Å². The minimum absolute atomic E-state index is 0.132. The quantitative estimate of drug-likeness (QED) is 0.721. The molecule has 0 spiro atoms. The van der Waals surface area contributed by atoms with E-state index in [-0.39, 0.29) is 17.2 Å². The van der Waals surface area contributed by atoms with Crippen molar-refractivity contribution in [3.05, 3.63) is 23.3 Å². The summed E-state index contributed by atoms with van der Waals surface area (Å²) in [6.07, 6.45) is 2.24. The molecule has 0 unspecified atom stereocenters. The highest BCUT2D eigenvalue weighted by molar-refractivity contribution is 7.89. The number of nitrogen functional groups attached to an aromatic ring is 1. The Morgan fingerprint density at radius 3 is 2.47 bits per heavy atom. The molecule has 1 saturated carbocycles. The second kappa shape index (κ2) is 4.77. The summed E-state index contributed by atoms with van der Waals surface area (Å²) in [5.74, 6) is 0. The molecule has 106 valence electrons. The lowest BCUT2D eigenvalue weighted by molar-refractivity contribution is 0.110. The molecule has 6 heteroatoms. The lowest BCUT2D eigenvalue weighted by atomic mass is 9.78. The van der Waals surface area contributed by atoms with Crippen LogP contribution in [0.1, 0.15) is 30.4 Å². The molecule has 4 N–H and O–H groups in total. The van der Waals surface area contributed by atoms with Gasteiger partial charge in [0.15, 0.2) is 0 Å². The molecule has 0 bridgehead atoms. The standard InChI is InChI=1S/C13H20N2O3S/c1-9-4-5-11(14)12(10(9)2)19(17,18)15-13(8-16)6-3-7-13/h4-5,15-16H,3,6-8,14H2,1-2H3. The highest BCUT2D eigenvalue weighted by Crippen LogP contribution is 2.34. The monoisotopic (exact) mass is 284 g/mol. The van der Waals surface area contributed by atoms with Gasteiger partial charge >= 0.3 is 0 Å². The molecule has 1 aromatic carbocycles. The first-order valence-electron chi connectivity index (χ1n) is 6.32. The zero-order chi connectivity index (χ0) is 14.3. The number of benzene rings is 1. The van der Waals surface area contributed by atoms with E-state index in [1.807, 2.05) is 6.92 Å². The predicted molar refractivity (Wildman–Crippen MR) is 74.3 cm³/mol. The normalized spacial score (nSPS) is 18.1. The van der Waals surface area contributed by atoms with Gasteiger partial charge in [0.2, 0.25) is 10.0 Å². The van der Waals surface area contributed by atoms with Crippen molar-refractivity contribution in [3.63, 3.8) is 0 Å². The smallest absolute Gasteiger partial charge is 0.243 e. The Morgan fingerprint density at radius 1 is 1.37 bits per heavy atom. The average Bonchev–Trinajstić information content (AvgIpc) is 2.29. The molecule has 0 saturated heterocycles. The second-order valence-electron chi connectivity index (χ2n) is 5.32. The summed E-state index contributed by atoms with van der Waals surface area (Å²) in [6.45, 7) is 3.41. The molecule has 19 heavy (non-hydrogen) atoms. The Hall–Kier alpha value is -1.11. The molecule has 1 aromatic rings. The van der Waals surface area contributed by atoms with Gasteiger partial charge in [-0.1, -0.05) is 6.07 Å². The first-order chi connectivity index (χ1) is 8.81. The van der Waals surface area contributed by atoms with Crippen LogP contribution >= 0.6 is 0 Å². The summed E-state index contributed by atoms with van der Waals surface area (Å²) < 4.78 is 27.6. The van der Waals surface area contributed by atoms with Crippen LogP contribution in [0.5, 0.6) is 0 Å². The van der Waals surface area contributed by atoms with Crippen LogP contribution in [0, 0.1) is 13.8 Å². The Kier molecular flexibility index (Phi) is 3.59. The van der Waals surface area contributed by atoms with Gasteiger partial charge in [0, 0.05) is 0 Å². The Balaban J connectivity index is 2.43. The van der Waals surface area contributed by atoms with E-state index >= 15 is 0 Å². The van der Waals surface area contributed by atoms with Crippen LogP contribution in [0.4, 0.5) is 5.69 Å². The van der Waals surface area contributed by atoms with Crippen LogP contribution in [0.3, 0.4) is 0 Å². The van der Waals surface area contributed by atoms with Crippen molar-refractivity contribution in [1.29, 1.82) is 0 Å². The maximum Gasteiger partial charge on any atom is 0.243 e. The third-order valence-electron chi connectivity index (χ3n) is 3.94. The maximum atomic E-state index is 12.5. The van der Waals surface area contributed by atoms with E-state index in [1.54, 1.807) is 19.1 Å². The van der Waals surface area contributed by atoms with E-state index in [0.29, 0.717) is 18.4 Å². The fourth-order valence-electron chi connectivity index (χ4n) is 2.40. The van der Waals surface area contributed by atoms with Crippen LogP contribution in [0.25, 0.3) is 0 Å². The molecule has 1 aliphatic carbocycles. The van der Waals surface area contributed by atoms with Crippen molar-refractivity contribution in [2.45, 2.75) is 43.5 Å². The summed E-state index contributed by atoms with van der Waals surface area (Å²) >= 11 is 0. The van der Waals surface area contributed by atoms with Gasteiger partial charge < -0.3 is 10.8 Å². The average molecular weight is 284 g/mol. The highest BCUT2D eigenvalue weighted by Gasteiger charge is 2.41. The Bertz CT molecular complexity index is 587. The Morgan fingerprint density at radius 2 is 2.00 bits per heavy atom. The number of anilines is 1. The van der Waals surface area contributed by atoms with Crippen molar-refractivity contribution in [2.75, 3.05) is 12.3 Å². The molecule has 2 rings (SSSR count). The third-order valence-corrected chi connectivity index (χ3v) is 5.72. The van der Waals surface area contributed by atoms with Gasteiger partial charge in [-0.15, -0.1) is 0 Å². The summed E-state index contributed by atoms with van der Waals surface area (Å²) in [5.41, 5.74) is 6.88. The molecule has 1 aliphatic rings. The van der Waals surface area contributed by atoms with Crippen LogP contribution in [-0.4, -0.2) is 25.7 Å². The fourth-order valence-corrected chi connectivity index (χ4v) is 4.28. The third kappa shape index (κ3) is 2.48. The van der Waals surface area contributed by atoms with E-state index < -0.39 is 15.6 Å². The lowest BCUT2D eigenvalue weighted by Crippen LogP contribution is -2.56. The van der Waals surface area contributed by atoms with Crippen LogP contribution in [0.2, 0.25) is 0 Å². The number of hydrogen-bond acceptors (Lipinski definition) is 4. The molecular formula is C13H20N2O3S. The first-order valence-corrected chi connectivity index (χ1v) is 7.80. The highest BCUT2D eigenvalue weighted by atomic mass is 32.2. The molecule has 0 aliphatic heterocycles. The minimum atomic E-state index is -3.71. The van der Waals surface area contributed by atoms with Crippen LogP contribution in [-0.2, 0) is 10.0 Å². The minimum Gasteiger partial charge on any atom is -0.398 e. The van der Waals surface area contributed by atoms with Crippen molar-refractivity contribution >= 4 is 15.7 Å². The second-order valence-corrected chi connectivity index (χ2v) is 6.94. The van der Waals surface area contributed by atoms with E-state index in [2.05, 4.69) is 4.72 Å². The Labute approximate surface area is 113 Å². The largest absolute Gasteiger partial charge is 0.398 e. The van der Waals surface area contributed by atoms with Gasteiger partial charge in [-0.2, -0.15) is 0 Å². The van der Waals surface area contributed by atoms with Gasteiger partial charge in [-0.25, -0.2) is 13.1 Å². The molecule has 0 aromatic heterocycles. The summed E-state index contributed by atoms with van der Waals surface area (Å²) in [5, 5.41) is 9.38. The fraction of sp³-hybridized carbons (Fsp3) is 0.538.